The van der Waals surface area contributed by atoms with Gasteiger partial charge in [0.05, 0.1) is 0 Å². The minimum atomic E-state index is -4.27. The van der Waals surface area contributed by atoms with E-state index in [1.165, 1.54) is 6.92 Å². The van der Waals surface area contributed by atoms with Crippen molar-refractivity contribution in [2.45, 2.75) is 38.7 Å². The summed E-state index contributed by atoms with van der Waals surface area (Å²) in [6.07, 6.45) is -3.82. The van der Waals surface area contributed by atoms with E-state index in [2.05, 4.69) is 5.32 Å². The van der Waals surface area contributed by atoms with Crippen LogP contribution in [0.15, 0.2) is 0 Å². The predicted molar refractivity (Wildman–Crippen MR) is 41.8 cm³/mol. The fourth-order valence-electron chi connectivity index (χ4n) is 0.986. The van der Waals surface area contributed by atoms with Crippen LogP contribution in [-0.2, 0) is 0 Å². The average Bonchev–Trinajstić information content (AvgIpc) is 1.82. The van der Waals surface area contributed by atoms with Crippen molar-refractivity contribution < 1.29 is 13.2 Å². The van der Waals surface area contributed by atoms with Gasteiger partial charge in [0.2, 0.25) is 0 Å². The van der Waals surface area contributed by atoms with Crippen molar-refractivity contribution >= 4 is 0 Å². The molecule has 2 N–H and O–H groups in total. The highest BCUT2D eigenvalue weighted by molar-refractivity contribution is 4.68. The van der Waals surface area contributed by atoms with E-state index in [4.69, 9.17) is 0 Å². The zero-order chi connectivity index (χ0) is 9.78. The Bertz CT molecular complexity index is 124. The van der Waals surface area contributed by atoms with Gasteiger partial charge >= 0.3 is 6.30 Å². The van der Waals surface area contributed by atoms with E-state index in [9.17, 15) is 13.2 Å². The zero-order valence-electron chi connectivity index (χ0n) is 7.50. The lowest BCUT2D eigenvalue weighted by Crippen LogP contribution is -2.42. The number of rotatable bonds is 4. The molecule has 2 nitrogen and oxygen atoms in total. The van der Waals surface area contributed by atoms with Gasteiger partial charge in [-0.1, -0.05) is 0 Å². The molecule has 0 aromatic rings. The number of hydrogen-bond donors (Lipinski definition) is 2. The van der Waals surface area contributed by atoms with Crippen LogP contribution < -0.4 is 10.6 Å². The summed E-state index contributed by atoms with van der Waals surface area (Å²) in [6, 6.07) is -0.456. The molecule has 0 aromatic heterocycles. The normalized spacial score (nSPS) is 17.5. The summed E-state index contributed by atoms with van der Waals surface area (Å²) in [4.78, 5) is 0. The third kappa shape index (κ3) is 6.42. The molecule has 0 aliphatic carbocycles. The first-order valence-electron chi connectivity index (χ1n) is 3.87. The summed E-state index contributed by atoms with van der Waals surface area (Å²) < 4.78 is 35.2. The van der Waals surface area contributed by atoms with Crippen LogP contribution >= 0.6 is 0 Å². The molecule has 5 heteroatoms. The highest BCUT2D eigenvalue weighted by atomic mass is 19.4. The van der Waals surface area contributed by atoms with Gasteiger partial charge in [-0.2, -0.15) is 13.2 Å². The maximum absolute atomic E-state index is 11.7. The number of halogens is 3. The molecular formula is C7H15F3N2. The number of alkyl halides is 3. The van der Waals surface area contributed by atoms with Gasteiger partial charge in [0.15, 0.2) is 0 Å². The molecule has 0 aliphatic heterocycles. The molecule has 2 unspecified atom stereocenters. The fraction of sp³-hybridized carbons (Fsp3) is 1.00. The van der Waals surface area contributed by atoms with E-state index in [-0.39, 0.29) is 6.04 Å². The second-order valence-corrected chi connectivity index (χ2v) is 2.97. The minimum Gasteiger partial charge on any atom is -0.317 e. The lowest BCUT2D eigenvalue weighted by molar-refractivity contribution is -0.163. The van der Waals surface area contributed by atoms with E-state index >= 15 is 0 Å². The van der Waals surface area contributed by atoms with Crippen LogP contribution in [0.4, 0.5) is 13.2 Å². The molecule has 0 bridgehead atoms. The van der Waals surface area contributed by atoms with E-state index in [1.807, 2.05) is 6.92 Å². The second kappa shape index (κ2) is 4.67. The monoisotopic (exact) mass is 184 g/mol. The summed E-state index contributed by atoms with van der Waals surface area (Å²) in [6.45, 7) is 3.36. The molecule has 0 fully saturated rings. The van der Waals surface area contributed by atoms with Crippen molar-refractivity contribution in [1.82, 2.24) is 10.6 Å². The van der Waals surface area contributed by atoms with Gasteiger partial charge < -0.3 is 5.32 Å². The average molecular weight is 184 g/mol. The molecule has 0 amide bonds. The van der Waals surface area contributed by atoms with Crippen LogP contribution in [-0.4, -0.2) is 25.4 Å². The lowest BCUT2D eigenvalue weighted by Gasteiger charge is -2.19. The summed E-state index contributed by atoms with van der Waals surface area (Å²) in [5.74, 6) is 0. The lowest BCUT2D eigenvalue weighted by atomic mass is 10.1. The molecular weight excluding hydrogens is 169 g/mol. The molecule has 0 heterocycles. The van der Waals surface area contributed by atoms with Gasteiger partial charge in [-0.05, 0) is 27.3 Å². The van der Waals surface area contributed by atoms with E-state index in [1.54, 1.807) is 12.4 Å². The first kappa shape index (κ1) is 11.7. The molecule has 0 rings (SSSR count). The summed E-state index contributed by atoms with van der Waals surface area (Å²) in [5, 5.41) is 4.42. The molecule has 0 aliphatic rings. The Labute approximate surface area is 70.5 Å². The number of nitrogens with one attached hydrogen (secondary N) is 2. The second-order valence-electron chi connectivity index (χ2n) is 2.97. The summed E-state index contributed by atoms with van der Waals surface area (Å²) in [7, 11) is 1.73. The van der Waals surface area contributed by atoms with Gasteiger partial charge in [-0.3, -0.25) is 0 Å². The Kier molecular flexibility index (Phi) is 4.55. The van der Waals surface area contributed by atoms with Crippen LogP contribution in [0.3, 0.4) is 0 Å². The Morgan fingerprint density at radius 3 is 2.00 bits per heavy atom. The van der Waals surface area contributed by atoms with Crippen molar-refractivity contribution in [3.8, 4) is 0 Å². The van der Waals surface area contributed by atoms with Crippen molar-refractivity contribution in [2.75, 3.05) is 7.05 Å². The molecule has 0 radical (unpaired) electrons. The Morgan fingerprint density at radius 1 is 1.17 bits per heavy atom. The maximum atomic E-state index is 11.7. The van der Waals surface area contributed by atoms with E-state index < -0.39 is 12.3 Å². The van der Waals surface area contributed by atoms with Crippen LogP contribution in [0, 0.1) is 0 Å². The maximum Gasteiger partial charge on any atom is 0.457 e. The Morgan fingerprint density at radius 2 is 1.67 bits per heavy atom. The first-order valence-corrected chi connectivity index (χ1v) is 3.87. The Balaban J connectivity index is 3.66. The third-order valence-corrected chi connectivity index (χ3v) is 1.61. The number of hydrogen-bond acceptors (Lipinski definition) is 2. The minimum absolute atomic E-state index is 0.0925. The van der Waals surface area contributed by atoms with Gasteiger partial charge in [0, 0.05) is 12.1 Å². The van der Waals surface area contributed by atoms with Gasteiger partial charge in [0.1, 0.15) is 0 Å². The fourth-order valence-corrected chi connectivity index (χ4v) is 0.986. The molecule has 12 heavy (non-hydrogen) atoms. The first-order chi connectivity index (χ1) is 5.35. The van der Waals surface area contributed by atoms with Gasteiger partial charge in [-0.25, -0.2) is 5.32 Å². The van der Waals surface area contributed by atoms with Crippen LogP contribution in [0.1, 0.15) is 20.3 Å². The summed E-state index contributed by atoms with van der Waals surface area (Å²) >= 11 is 0. The van der Waals surface area contributed by atoms with Crippen molar-refractivity contribution in [3.05, 3.63) is 0 Å². The van der Waals surface area contributed by atoms with Crippen molar-refractivity contribution in [1.29, 1.82) is 0 Å². The molecule has 0 spiro atoms. The molecule has 0 saturated heterocycles. The predicted octanol–water partition coefficient (Wildman–Crippen LogP) is 1.48. The topological polar surface area (TPSA) is 24.1 Å². The smallest absolute Gasteiger partial charge is 0.317 e. The van der Waals surface area contributed by atoms with Crippen molar-refractivity contribution in [3.63, 3.8) is 0 Å². The van der Waals surface area contributed by atoms with Crippen LogP contribution in [0.25, 0.3) is 0 Å². The zero-order valence-corrected chi connectivity index (χ0v) is 7.50. The van der Waals surface area contributed by atoms with Gasteiger partial charge in [-0.15, -0.1) is 0 Å². The largest absolute Gasteiger partial charge is 0.457 e. The molecule has 74 valence electrons. The van der Waals surface area contributed by atoms with E-state index in [0.717, 1.165) is 0 Å². The molecule has 0 saturated carbocycles. The Hall–Kier alpha value is -0.290. The standard InChI is InChI=1S/C7H15F3N2/c1-5(11-3)4-6(2)12-7(8,9)10/h5-6,11-12H,4H2,1-3H3. The van der Waals surface area contributed by atoms with Crippen molar-refractivity contribution in [2.24, 2.45) is 0 Å². The highest BCUT2D eigenvalue weighted by Crippen LogP contribution is 2.12. The van der Waals surface area contributed by atoms with Crippen LogP contribution in [0.5, 0.6) is 0 Å². The molecule has 2 atom stereocenters. The molecule has 0 aromatic carbocycles. The van der Waals surface area contributed by atoms with Gasteiger partial charge in [0.25, 0.3) is 0 Å². The highest BCUT2D eigenvalue weighted by Gasteiger charge is 2.29. The third-order valence-electron chi connectivity index (χ3n) is 1.61. The summed E-state index contributed by atoms with van der Waals surface area (Å²) in [5.41, 5.74) is 0. The van der Waals surface area contributed by atoms with Crippen LogP contribution in [0.2, 0.25) is 0 Å². The van der Waals surface area contributed by atoms with E-state index in [0.29, 0.717) is 6.42 Å². The quantitative estimate of drug-likeness (QED) is 0.647. The SMILES string of the molecule is CNC(C)CC(C)NC(F)(F)F.